The Morgan fingerprint density at radius 3 is 2.15 bits per heavy atom. The van der Waals surface area contributed by atoms with E-state index >= 15 is 0 Å². The Labute approximate surface area is 164 Å². The van der Waals surface area contributed by atoms with Crippen LogP contribution in [0.4, 0.5) is 0 Å². The fourth-order valence-electron chi connectivity index (χ4n) is 5.37. The van der Waals surface area contributed by atoms with E-state index in [1.165, 1.54) is 0 Å². The van der Waals surface area contributed by atoms with Crippen LogP contribution in [0.2, 0.25) is 0 Å². The summed E-state index contributed by atoms with van der Waals surface area (Å²) in [6.45, 7) is 1.79. The van der Waals surface area contributed by atoms with Crippen molar-refractivity contribution in [1.29, 1.82) is 0 Å². The molecule has 0 saturated heterocycles. The van der Waals surface area contributed by atoms with Gasteiger partial charge in [0, 0.05) is 30.5 Å². The average Bonchev–Trinajstić information content (AvgIpc) is 3.40. The molecule has 0 aromatic carbocycles. The summed E-state index contributed by atoms with van der Waals surface area (Å²) < 4.78 is 0. The average molecular weight is 379 g/mol. The van der Waals surface area contributed by atoms with Gasteiger partial charge in [-0.2, -0.15) is 0 Å². The molecule has 0 spiro atoms. The van der Waals surface area contributed by atoms with Gasteiger partial charge in [-0.3, -0.25) is 9.59 Å². The van der Waals surface area contributed by atoms with Crippen LogP contribution in [0.25, 0.3) is 0 Å². The fraction of sp³-hybridized carbons (Fsp3) is 0.905. The van der Waals surface area contributed by atoms with Crippen molar-refractivity contribution < 1.29 is 9.59 Å². The second-order valence-electron chi connectivity index (χ2n) is 9.06. The van der Waals surface area contributed by atoms with Crippen molar-refractivity contribution in [2.45, 2.75) is 69.9 Å². The highest BCUT2D eigenvalue weighted by Crippen LogP contribution is 2.31. The van der Waals surface area contributed by atoms with Crippen LogP contribution < -0.4 is 21.3 Å². The zero-order valence-electron chi connectivity index (χ0n) is 17.1. The minimum atomic E-state index is 0.175. The number of hydrogen-bond acceptors (Lipinski definition) is 4. The van der Waals surface area contributed by atoms with Gasteiger partial charge in [0.25, 0.3) is 0 Å². The maximum atomic E-state index is 12.5. The fourth-order valence-corrected chi connectivity index (χ4v) is 5.37. The maximum Gasteiger partial charge on any atom is 0.223 e. The highest BCUT2D eigenvalue weighted by molar-refractivity contribution is 5.79. The number of amides is 2. The SMILES string of the molecule is CNCC1CCC(C(=O)NCC2CCC(NC(=O)C3CCC(NC)C3)C2)C1. The molecule has 27 heavy (non-hydrogen) atoms. The molecule has 0 aliphatic heterocycles. The highest BCUT2D eigenvalue weighted by atomic mass is 16.2. The molecule has 6 heteroatoms. The Morgan fingerprint density at radius 1 is 0.741 bits per heavy atom. The van der Waals surface area contributed by atoms with Gasteiger partial charge in [0.05, 0.1) is 0 Å². The summed E-state index contributed by atoms with van der Waals surface area (Å²) in [4.78, 5) is 24.9. The van der Waals surface area contributed by atoms with E-state index in [-0.39, 0.29) is 23.7 Å². The first-order chi connectivity index (χ1) is 13.1. The number of hydrogen-bond donors (Lipinski definition) is 4. The first kappa shape index (κ1) is 20.6. The van der Waals surface area contributed by atoms with Crippen molar-refractivity contribution in [2.75, 3.05) is 27.2 Å². The molecule has 6 nitrogen and oxygen atoms in total. The van der Waals surface area contributed by atoms with Gasteiger partial charge in [-0.1, -0.05) is 0 Å². The third-order valence-electron chi connectivity index (χ3n) is 7.07. The summed E-state index contributed by atoms with van der Waals surface area (Å²) in [5.74, 6) is 2.00. The van der Waals surface area contributed by atoms with Gasteiger partial charge in [-0.05, 0) is 90.3 Å². The van der Waals surface area contributed by atoms with Gasteiger partial charge in [0.2, 0.25) is 11.8 Å². The molecule has 3 saturated carbocycles. The largest absolute Gasteiger partial charge is 0.356 e. The Balaban J connectivity index is 1.33. The van der Waals surface area contributed by atoms with E-state index in [4.69, 9.17) is 0 Å². The van der Waals surface area contributed by atoms with Crippen molar-refractivity contribution in [1.82, 2.24) is 21.3 Å². The molecule has 6 atom stereocenters. The Morgan fingerprint density at radius 2 is 1.41 bits per heavy atom. The third kappa shape index (κ3) is 5.67. The summed E-state index contributed by atoms with van der Waals surface area (Å²) >= 11 is 0. The van der Waals surface area contributed by atoms with Crippen LogP contribution in [0.3, 0.4) is 0 Å². The molecule has 6 unspecified atom stereocenters. The number of carbonyl (C=O) groups is 2. The van der Waals surface area contributed by atoms with Crippen LogP contribution in [0.5, 0.6) is 0 Å². The minimum absolute atomic E-state index is 0.175. The molecule has 154 valence electrons. The van der Waals surface area contributed by atoms with E-state index in [2.05, 4.69) is 21.3 Å². The second-order valence-corrected chi connectivity index (χ2v) is 9.06. The van der Waals surface area contributed by atoms with Crippen molar-refractivity contribution >= 4 is 11.8 Å². The van der Waals surface area contributed by atoms with Gasteiger partial charge in [-0.25, -0.2) is 0 Å². The molecule has 0 aromatic heterocycles. The molecule has 3 aliphatic carbocycles. The van der Waals surface area contributed by atoms with E-state index in [9.17, 15) is 9.59 Å². The van der Waals surface area contributed by atoms with Crippen LogP contribution in [-0.4, -0.2) is 51.1 Å². The lowest BCUT2D eigenvalue weighted by atomic mass is 10.0. The molecule has 0 aromatic rings. The van der Waals surface area contributed by atoms with Gasteiger partial charge in [0.15, 0.2) is 0 Å². The molecule has 3 fully saturated rings. The van der Waals surface area contributed by atoms with Crippen LogP contribution in [-0.2, 0) is 9.59 Å². The van der Waals surface area contributed by atoms with E-state index in [0.29, 0.717) is 23.9 Å². The quantitative estimate of drug-likeness (QED) is 0.515. The molecular weight excluding hydrogens is 340 g/mol. The van der Waals surface area contributed by atoms with E-state index < -0.39 is 0 Å². The molecule has 0 radical (unpaired) electrons. The first-order valence-corrected chi connectivity index (χ1v) is 11.0. The molecule has 3 rings (SSSR count). The highest BCUT2D eigenvalue weighted by Gasteiger charge is 2.33. The Bertz CT molecular complexity index is 512. The molecule has 4 N–H and O–H groups in total. The zero-order valence-corrected chi connectivity index (χ0v) is 17.1. The second kappa shape index (κ2) is 9.87. The van der Waals surface area contributed by atoms with E-state index in [0.717, 1.165) is 70.9 Å². The lowest BCUT2D eigenvalue weighted by Gasteiger charge is -2.18. The Kier molecular flexibility index (Phi) is 7.53. The van der Waals surface area contributed by atoms with Crippen LogP contribution in [0.1, 0.15) is 57.8 Å². The van der Waals surface area contributed by atoms with E-state index in [1.54, 1.807) is 0 Å². The molecular formula is C21H38N4O2. The lowest BCUT2D eigenvalue weighted by Crippen LogP contribution is -2.38. The number of nitrogens with one attached hydrogen (secondary N) is 4. The normalized spacial score (nSPS) is 36.1. The minimum Gasteiger partial charge on any atom is -0.356 e. The molecule has 0 bridgehead atoms. The van der Waals surface area contributed by atoms with Crippen LogP contribution >= 0.6 is 0 Å². The van der Waals surface area contributed by atoms with Gasteiger partial charge in [-0.15, -0.1) is 0 Å². The van der Waals surface area contributed by atoms with Gasteiger partial charge >= 0.3 is 0 Å². The topological polar surface area (TPSA) is 82.3 Å². The number of carbonyl (C=O) groups excluding carboxylic acids is 2. The zero-order chi connectivity index (χ0) is 19.2. The van der Waals surface area contributed by atoms with Crippen molar-refractivity contribution in [3.63, 3.8) is 0 Å². The van der Waals surface area contributed by atoms with Crippen molar-refractivity contribution in [3.05, 3.63) is 0 Å². The predicted molar refractivity (Wildman–Crippen MR) is 107 cm³/mol. The van der Waals surface area contributed by atoms with E-state index in [1.807, 2.05) is 14.1 Å². The van der Waals surface area contributed by atoms with Crippen molar-refractivity contribution in [3.8, 4) is 0 Å². The summed E-state index contributed by atoms with van der Waals surface area (Å²) in [5.41, 5.74) is 0. The summed E-state index contributed by atoms with van der Waals surface area (Å²) in [6, 6.07) is 0.787. The summed E-state index contributed by atoms with van der Waals surface area (Å²) in [5, 5.41) is 13.0. The predicted octanol–water partition coefficient (Wildman–Crippen LogP) is 1.41. The smallest absolute Gasteiger partial charge is 0.223 e. The van der Waals surface area contributed by atoms with Gasteiger partial charge < -0.3 is 21.3 Å². The Hall–Kier alpha value is -1.14. The standard InChI is InChI=1S/C21H38N4O2/c1-22-12-14-3-5-16(9-14)20(26)24-13-15-4-7-19(10-15)25-21(27)17-6-8-18(11-17)23-2/h14-19,22-23H,3-13H2,1-2H3,(H,24,26)(H,25,27). The monoisotopic (exact) mass is 378 g/mol. The van der Waals surface area contributed by atoms with Gasteiger partial charge in [0.1, 0.15) is 0 Å². The number of rotatable bonds is 8. The third-order valence-corrected chi connectivity index (χ3v) is 7.07. The molecule has 2 amide bonds. The van der Waals surface area contributed by atoms with Crippen molar-refractivity contribution in [2.24, 2.45) is 23.7 Å². The lowest BCUT2D eigenvalue weighted by molar-refractivity contribution is -0.126. The molecule has 3 aliphatic rings. The summed E-state index contributed by atoms with van der Waals surface area (Å²) in [6.07, 6.45) is 9.41. The van der Waals surface area contributed by atoms with Crippen LogP contribution in [0, 0.1) is 23.7 Å². The first-order valence-electron chi connectivity index (χ1n) is 11.0. The maximum absolute atomic E-state index is 12.5. The molecule has 0 heterocycles. The summed E-state index contributed by atoms with van der Waals surface area (Å²) in [7, 11) is 3.96. The van der Waals surface area contributed by atoms with Crippen LogP contribution in [0.15, 0.2) is 0 Å².